The molecule has 0 aliphatic carbocycles. The van der Waals surface area contributed by atoms with Gasteiger partial charge in [-0.05, 0) is 57.0 Å². The van der Waals surface area contributed by atoms with E-state index in [0.717, 1.165) is 22.5 Å². The van der Waals surface area contributed by atoms with Crippen LogP contribution in [-0.4, -0.2) is 27.8 Å². The first-order valence-electron chi connectivity index (χ1n) is 8.32. The molecule has 2 N–H and O–H groups in total. The Kier molecular flexibility index (Phi) is 4.29. The number of benzene rings is 1. The van der Waals surface area contributed by atoms with Crippen LogP contribution in [0.3, 0.4) is 0 Å². The molecule has 25 heavy (non-hydrogen) atoms. The van der Waals surface area contributed by atoms with Crippen LogP contribution < -0.4 is 10.6 Å². The highest BCUT2D eigenvalue weighted by atomic mass is 16.6. The minimum atomic E-state index is -0.533. The van der Waals surface area contributed by atoms with E-state index in [1.165, 1.54) is 0 Å². The van der Waals surface area contributed by atoms with Crippen molar-refractivity contribution in [3.05, 3.63) is 42.0 Å². The number of aromatic nitrogens is 2. The van der Waals surface area contributed by atoms with Crippen molar-refractivity contribution >= 4 is 29.1 Å². The highest BCUT2D eigenvalue weighted by molar-refractivity contribution is 5.98. The van der Waals surface area contributed by atoms with Crippen LogP contribution in [-0.2, 0) is 11.8 Å². The fraction of sp³-hybridized carbons (Fsp3) is 0.368. The molecule has 132 valence electrons. The zero-order valence-electron chi connectivity index (χ0n) is 15.1. The van der Waals surface area contributed by atoms with E-state index in [0.29, 0.717) is 18.7 Å². The summed E-state index contributed by atoms with van der Waals surface area (Å²) in [5.41, 5.74) is 9.88. The predicted molar refractivity (Wildman–Crippen MR) is 100 cm³/mol. The van der Waals surface area contributed by atoms with Crippen LogP contribution in [0.4, 0.5) is 16.2 Å². The maximum absolute atomic E-state index is 12.6. The third-order valence-corrected chi connectivity index (χ3v) is 3.92. The van der Waals surface area contributed by atoms with Crippen LogP contribution in [0.15, 0.2) is 30.7 Å². The van der Waals surface area contributed by atoms with E-state index in [1.54, 1.807) is 17.3 Å². The van der Waals surface area contributed by atoms with Crippen molar-refractivity contribution in [3.8, 4) is 0 Å². The van der Waals surface area contributed by atoms with Gasteiger partial charge in [0.15, 0.2) is 0 Å². The Morgan fingerprint density at radius 1 is 1.36 bits per heavy atom. The maximum atomic E-state index is 12.6. The van der Waals surface area contributed by atoms with Crippen molar-refractivity contribution in [3.63, 3.8) is 0 Å². The van der Waals surface area contributed by atoms with E-state index < -0.39 is 5.60 Å². The molecule has 0 fully saturated rings. The molecule has 0 saturated carbocycles. The summed E-state index contributed by atoms with van der Waals surface area (Å²) in [5, 5.41) is 0. The van der Waals surface area contributed by atoms with E-state index in [1.807, 2.05) is 56.8 Å². The number of carbonyl (C=O) groups excluding carboxylic acids is 1. The number of carbonyl (C=O) groups is 1. The lowest BCUT2D eigenvalue weighted by molar-refractivity contribution is 0.0580. The maximum Gasteiger partial charge on any atom is 0.414 e. The Morgan fingerprint density at radius 3 is 2.76 bits per heavy atom. The summed E-state index contributed by atoms with van der Waals surface area (Å²) in [6.07, 6.45) is 6.15. The topological polar surface area (TPSA) is 73.4 Å². The summed E-state index contributed by atoms with van der Waals surface area (Å²) in [4.78, 5) is 18.6. The van der Waals surface area contributed by atoms with Crippen molar-refractivity contribution in [2.24, 2.45) is 7.05 Å². The molecule has 2 heterocycles. The van der Waals surface area contributed by atoms with E-state index >= 15 is 0 Å². The zero-order chi connectivity index (χ0) is 18.2. The summed E-state index contributed by atoms with van der Waals surface area (Å²) in [7, 11) is 1.94. The lowest BCUT2D eigenvalue weighted by atomic mass is 9.94. The van der Waals surface area contributed by atoms with E-state index in [9.17, 15) is 4.79 Å². The van der Waals surface area contributed by atoms with Gasteiger partial charge in [-0.25, -0.2) is 9.78 Å². The number of hydrogen-bond acceptors (Lipinski definition) is 4. The van der Waals surface area contributed by atoms with Crippen molar-refractivity contribution in [2.75, 3.05) is 17.2 Å². The molecule has 0 atom stereocenters. The molecule has 6 nitrogen and oxygen atoms in total. The third kappa shape index (κ3) is 3.84. The number of hydrogen-bond donors (Lipinski definition) is 1. The lowest BCUT2D eigenvalue weighted by Crippen LogP contribution is -2.39. The Bertz CT molecular complexity index is 830. The van der Waals surface area contributed by atoms with Gasteiger partial charge in [-0.15, -0.1) is 0 Å². The van der Waals surface area contributed by atoms with Crippen LogP contribution in [0.5, 0.6) is 0 Å². The smallest absolute Gasteiger partial charge is 0.414 e. The van der Waals surface area contributed by atoms with Crippen LogP contribution in [0.1, 0.15) is 38.4 Å². The molecule has 1 aromatic heterocycles. The SMILES string of the molecule is Cn1cnc(/C=C2\CCN(C(=O)OC(C)(C)C)c3ccc(N)cc32)c1. The number of anilines is 2. The van der Waals surface area contributed by atoms with Gasteiger partial charge in [-0.1, -0.05) is 0 Å². The number of nitrogen functional groups attached to an aromatic ring is 1. The minimum Gasteiger partial charge on any atom is -0.443 e. The number of nitrogens with two attached hydrogens (primary N) is 1. The number of rotatable bonds is 1. The molecule has 0 radical (unpaired) electrons. The molecule has 6 heteroatoms. The molecule has 0 unspecified atom stereocenters. The highest BCUT2D eigenvalue weighted by Gasteiger charge is 2.29. The average molecular weight is 340 g/mol. The summed E-state index contributed by atoms with van der Waals surface area (Å²) in [6.45, 7) is 6.16. The van der Waals surface area contributed by atoms with Gasteiger partial charge in [-0.3, -0.25) is 4.90 Å². The van der Waals surface area contributed by atoms with Gasteiger partial charge in [0.05, 0.1) is 17.7 Å². The molecular formula is C19H24N4O2. The monoisotopic (exact) mass is 340 g/mol. The largest absolute Gasteiger partial charge is 0.443 e. The standard InChI is InChI=1S/C19H24N4O2/c1-19(2,3)25-18(24)23-8-7-13(9-15-11-22(4)12-21-15)16-10-14(20)5-6-17(16)23/h5-6,9-12H,7-8,20H2,1-4H3/b13-9+. The Hall–Kier alpha value is -2.76. The van der Waals surface area contributed by atoms with E-state index in [4.69, 9.17) is 10.5 Å². The molecule has 3 rings (SSSR count). The lowest BCUT2D eigenvalue weighted by Gasteiger charge is -2.33. The van der Waals surface area contributed by atoms with Gasteiger partial charge in [0.2, 0.25) is 0 Å². The molecule has 0 spiro atoms. The van der Waals surface area contributed by atoms with Crippen LogP contribution in [0.2, 0.25) is 0 Å². The van der Waals surface area contributed by atoms with Gasteiger partial charge in [0, 0.05) is 31.0 Å². The van der Waals surface area contributed by atoms with Crippen LogP contribution in [0.25, 0.3) is 11.6 Å². The number of imidazole rings is 1. The number of aryl methyl sites for hydroxylation is 1. The second kappa shape index (κ2) is 6.27. The molecule has 2 aromatic rings. The zero-order valence-corrected chi connectivity index (χ0v) is 15.1. The van der Waals surface area contributed by atoms with Crippen molar-refractivity contribution < 1.29 is 9.53 Å². The summed E-state index contributed by atoms with van der Waals surface area (Å²) >= 11 is 0. The normalized spacial score (nSPS) is 16.0. The molecule has 1 aliphatic heterocycles. The van der Waals surface area contributed by atoms with Crippen molar-refractivity contribution in [1.82, 2.24) is 9.55 Å². The summed E-state index contributed by atoms with van der Waals surface area (Å²) < 4.78 is 7.45. The average Bonchev–Trinajstić information content (AvgIpc) is 2.91. The Labute approximate surface area is 147 Å². The molecule has 1 aliphatic rings. The predicted octanol–water partition coefficient (Wildman–Crippen LogP) is 3.69. The van der Waals surface area contributed by atoms with Gasteiger partial charge in [0.25, 0.3) is 0 Å². The third-order valence-electron chi connectivity index (χ3n) is 3.92. The number of ether oxygens (including phenoxy) is 1. The molecule has 0 bridgehead atoms. The summed E-state index contributed by atoms with van der Waals surface area (Å²) in [5.74, 6) is 0. The van der Waals surface area contributed by atoms with Gasteiger partial charge in [-0.2, -0.15) is 0 Å². The molecular weight excluding hydrogens is 316 g/mol. The number of nitrogens with zero attached hydrogens (tertiary/aromatic N) is 3. The van der Waals surface area contributed by atoms with Gasteiger partial charge >= 0.3 is 6.09 Å². The quantitative estimate of drug-likeness (QED) is 0.804. The molecule has 0 saturated heterocycles. The second-order valence-electron chi connectivity index (χ2n) is 7.29. The fourth-order valence-electron chi connectivity index (χ4n) is 2.88. The first-order valence-corrected chi connectivity index (χ1v) is 8.32. The molecule has 1 aromatic carbocycles. The van der Waals surface area contributed by atoms with Gasteiger partial charge < -0.3 is 15.0 Å². The highest BCUT2D eigenvalue weighted by Crippen LogP contribution is 2.37. The van der Waals surface area contributed by atoms with Crippen LogP contribution in [0, 0.1) is 0 Å². The second-order valence-corrected chi connectivity index (χ2v) is 7.29. The van der Waals surface area contributed by atoms with Crippen LogP contribution >= 0.6 is 0 Å². The van der Waals surface area contributed by atoms with Gasteiger partial charge in [0.1, 0.15) is 5.60 Å². The first kappa shape index (κ1) is 17.1. The minimum absolute atomic E-state index is 0.338. The van der Waals surface area contributed by atoms with Crippen molar-refractivity contribution in [2.45, 2.75) is 32.8 Å². The van der Waals surface area contributed by atoms with E-state index in [2.05, 4.69) is 4.98 Å². The fourth-order valence-corrected chi connectivity index (χ4v) is 2.88. The Balaban J connectivity index is 1.98. The van der Waals surface area contributed by atoms with E-state index in [-0.39, 0.29) is 6.09 Å². The number of amides is 1. The first-order chi connectivity index (χ1) is 11.7. The number of fused-ring (bicyclic) bond motifs is 1. The Morgan fingerprint density at radius 2 is 2.12 bits per heavy atom. The van der Waals surface area contributed by atoms with Crippen molar-refractivity contribution in [1.29, 1.82) is 0 Å². The summed E-state index contributed by atoms with van der Waals surface area (Å²) in [6, 6.07) is 5.58. The molecule has 1 amide bonds.